The molecule has 7 heteroatoms. The Labute approximate surface area is 124 Å². The van der Waals surface area contributed by atoms with E-state index in [1.807, 2.05) is 0 Å². The number of nitrogens with one attached hydrogen (secondary N) is 2. The predicted molar refractivity (Wildman–Crippen MR) is 77.8 cm³/mol. The maximum absolute atomic E-state index is 11.5. The summed E-state index contributed by atoms with van der Waals surface area (Å²) in [7, 11) is 0. The Morgan fingerprint density at radius 1 is 1.30 bits per heavy atom. The molecule has 1 aromatic rings. The molecule has 0 aromatic heterocycles. The summed E-state index contributed by atoms with van der Waals surface area (Å²) in [6.45, 7) is 3.76. The number of benzene rings is 1. The van der Waals surface area contributed by atoms with Crippen molar-refractivity contribution >= 4 is 27.9 Å². The van der Waals surface area contributed by atoms with Crippen LogP contribution in [0.3, 0.4) is 0 Å². The van der Waals surface area contributed by atoms with Gasteiger partial charge >= 0.3 is 12.0 Å². The molecule has 0 fully saturated rings. The number of carbonyl (C=O) groups is 2. The van der Waals surface area contributed by atoms with Crippen LogP contribution in [-0.4, -0.2) is 34.8 Å². The molecule has 2 amide bonds. The summed E-state index contributed by atoms with van der Waals surface area (Å²) in [6.07, 6.45) is 0.123. The largest absolute Gasteiger partial charge is 0.508 e. The van der Waals surface area contributed by atoms with Crippen LogP contribution in [0.15, 0.2) is 35.3 Å². The van der Waals surface area contributed by atoms with E-state index in [1.165, 1.54) is 12.1 Å². The number of carbonyl (C=O) groups excluding carboxylic acids is 1. The lowest BCUT2D eigenvalue weighted by Crippen LogP contribution is -2.47. The van der Waals surface area contributed by atoms with Crippen LogP contribution in [0.5, 0.6) is 5.75 Å². The number of rotatable bonds is 6. The van der Waals surface area contributed by atoms with Crippen molar-refractivity contribution in [2.24, 2.45) is 0 Å². The monoisotopic (exact) mass is 342 g/mol. The van der Waals surface area contributed by atoms with Crippen molar-refractivity contribution in [1.82, 2.24) is 10.6 Å². The molecule has 1 rings (SSSR count). The molecule has 0 spiro atoms. The zero-order chi connectivity index (χ0) is 15.1. The van der Waals surface area contributed by atoms with Gasteiger partial charge in [-0.1, -0.05) is 34.6 Å². The Morgan fingerprint density at radius 2 is 1.90 bits per heavy atom. The summed E-state index contributed by atoms with van der Waals surface area (Å²) in [6, 6.07) is 4.49. The number of halogens is 1. The number of urea groups is 1. The third kappa shape index (κ3) is 5.75. The molecule has 1 atom stereocenters. The number of hydrogen-bond acceptors (Lipinski definition) is 3. The Morgan fingerprint density at radius 3 is 2.40 bits per heavy atom. The van der Waals surface area contributed by atoms with E-state index in [0.29, 0.717) is 10.0 Å². The first-order valence-electron chi connectivity index (χ1n) is 5.77. The Hall–Kier alpha value is -2.02. The van der Waals surface area contributed by atoms with Gasteiger partial charge in [0.15, 0.2) is 0 Å². The Balaban J connectivity index is 2.60. The van der Waals surface area contributed by atoms with Crippen molar-refractivity contribution in [3.8, 4) is 5.75 Å². The fourth-order valence-corrected chi connectivity index (χ4v) is 1.59. The van der Waals surface area contributed by atoms with Crippen LogP contribution in [-0.2, 0) is 11.2 Å². The first kappa shape index (κ1) is 16.0. The molecule has 0 saturated heterocycles. The minimum Gasteiger partial charge on any atom is -0.508 e. The first-order valence-corrected chi connectivity index (χ1v) is 6.56. The second kappa shape index (κ2) is 7.54. The summed E-state index contributed by atoms with van der Waals surface area (Å²) in [5.74, 6) is -1.03. The van der Waals surface area contributed by atoms with Crippen molar-refractivity contribution in [3.05, 3.63) is 40.9 Å². The summed E-state index contributed by atoms with van der Waals surface area (Å²) in [5.41, 5.74) is 0.695. The van der Waals surface area contributed by atoms with Crippen LogP contribution in [0.1, 0.15) is 5.56 Å². The van der Waals surface area contributed by atoms with Gasteiger partial charge < -0.3 is 20.8 Å². The van der Waals surface area contributed by atoms with Gasteiger partial charge in [-0.15, -0.1) is 0 Å². The Kier molecular flexibility index (Phi) is 6.05. The number of aromatic hydroxyl groups is 1. The van der Waals surface area contributed by atoms with Crippen LogP contribution in [0.4, 0.5) is 4.79 Å². The summed E-state index contributed by atoms with van der Waals surface area (Å²) in [4.78, 5) is 22.6. The smallest absolute Gasteiger partial charge is 0.326 e. The van der Waals surface area contributed by atoms with E-state index in [9.17, 15) is 9.59 Å². The lowest BCUT2D eigenvalue weighted by atomic mass is 10.1. The summed E-state index contributed by atoms with van der Waals surface area (Å²) >= 11 is 3.08. The third-order valence-corrected chi connectivity index (χ3v) is 2.70. The van der Waals surface area contributed by atoms with Gasteiger partial charge in [-0.05, 0) is 17.7 Å². The van der Waals surface area contributed by atoms with Gasteiger partial charge in [0.25, 0.3) is 0 Å². The molecular weight excluding hydrogens is 328 g/mol. The van der Waals surface area contributed by atoms with Gasteiger partial charge in [0.2, 0.25) is 0 Å². The zero-order valence-corrected chi connectivity index (χ0v) is 12.2. The molecule has 1 aromatic carbocycles. The summed E-state index contributed by atoms with van der Waals surface area (Å²) in [5, 5.41) is 23.1. The SMILES string of the molecule is C=C(Br)CNC(=O)NC(Cc1ccc(O)cc1)C(=O)O. The maximum Gasteiger partial charge on any atom is 0.326 e. The third-order valence-electron chi connectivity index (χ3n) is 2.42. The maximum atomic E-state index is 11.5. The minimum absolute atomic E-state index is 0.0992. The van der Waals surface area contributed by atoms with E-state index in [4.69, 9.17) is 10.2 Å². The highest BCUT2D eigenvalue weighted by atomic mass is 79.9. The van der Waals surface area contributed by atoms with E-state index in [1.54, 1.807) is 12.1 Å². The fourth-order valence-electron chi connectivity index (χ4n) is 1.45. The topological polar surface area (TPSA) is 98.7 Å². The molecule has 0 aliphatic carbocycles. The van der Waals surface area contributed by atoms with Crippen LogP contribution in [0.2, 0.25) is 0 Å². The highest BCUT2D eigenvalue weighted by molar-refractivity contribution is 9.11. The van der Waals surface area contributed by atoms with Gasteiger partial charge in [0, 0.05) is 10.9 Å². The molecule has 4 N–H and O–H groups in total. The molecule has 0 heterocycles. The van der Waals surface area contributed by atoms with Crippen LogP contribution in [0.25, 0.3) is 0 Å². The number of carboxylic acid groups (broad SMARTS) is 1. The minimum atomic E-state index is -1.13. The van der Waals surface area contributed by atoms with Gasteiger partial charge in [-0.3, -0.25) is 0 Å². The molecule has 0 bridgehead atoms. The molecule has 0 radical (unpaired) electrons. The molecule has 0 saturated carbocycles. The molecule has 0 aliphatic rings. The number of hydrogen-bond donors (Lipinski definition) is 4. The zero-order valence-electron chi connectivity index (χ0n) is 10.6. The van der Waals surface area contributed by atoms with Gasteiger partial charge in [-0.25, -0.2) is 9.59 Å². The van der Waals surface area contributed by atoms with Gasteiger partial charge in [0.05, 0.1) is 6.54 Å². The van der Waals surface area contributed by atoms with Crippen LogP contribution >= 0.6 is 15.9 Å². The molecule has 0 aliphatic heterocycles. The van der Waals surface area contributed by atoms with E-state index < -0.39 is 18.0 Å². The second-order valence-electron chi connectivity index (χ2n) is 4.11. The number of carboxylic acids is 1. The lowest BCUT2D eigenvalue weighted by Gasteiger charge is -2.15. The van der Waals surface area contributed by atoms with Crippen molar-refractivity contribution in [2.75, 3.05) is 6.54 Å². The van der Waals surface area contributed by atoms with Crippen molar-refractivity contribution in [2.45, 2.75) is 12.5 Å². The highest BCUT2D eigenvalue weighted by Crippen LogP contribution is 2.11. The first-order chi connectivity index (χ1) is 9.38. The molecule has 20 heavy (non-hydrogen) atoms. The lowest BCUT2D eigenvalue weighted by molar-refractivity contribution is -0.139. The molecule has 1 unspecified atom stereocenters. The average Bonchev–Trinajstić information content (AvgIpc) is 2.38. The van der Waals surface area contributed by atoms with Crippen molar-refractivity contribution in [1.29, 1.82) is 0 Å². The molecular formula is C13H15BrN2O4. The standard InChI is InChI=1S/C13H15BrN2O4/c1-8(14)7-15-13(20)16-11(12(18)19)6-9-2-4-10(17)5-3-9/h2-5,11,17H,1,6-7H2,(H,18,19)(H2,15,16,20). The van der Waals surface area contributed by atoms with E-state index in [0.717, 1.165) is 0 Å². The van der Waals surface area contributed by atoms with Gasteiger partial charge in [0.1, 0.15) is 11.8 Å². The fraction of sp³-hybridized carbons (Fsp3) is 0.231. The Bertz CT molecular complexity index is 502. The normalized spacial score (nSPS) is 11.4. The molecule has 108 valence electrons. The van der Waals surface area contributed by atoms with E-state index in [-0.39, 0.29) is 18.7 Å². The second-order valence-corrected chi connectivity index (χ2v) is 5.23. The van der Waals surface area contributed by atoms with Gasteiger partial charge in [-0.2, -0.15) is 0 Å². The quantitative estimate of drug-likeness (QED) is 0.630. The number of amides is 2. The van der Waals surface area contributed by atoms with Crippen LogP contribution < -0.4 is 10.6 Å². The van der Waals surface area contributed by atoms with Crippen molar-refractivity contribution < 1.29 is 19.8 Å². The van der Waals surface area contributed by atoms with Crippen LogP contribution in [0, 0.1) is 0 Å². The highest BCUT2D eigenvalue weighted by Gasteiger charge is 2.20. The summed E-state index contributed by atoms with van der Waals surface area (Å²) < 4.78 is 0.582. The number of phenols is 1. The van der Waals surface area contributed by atoms with E-state index >= 15 is 0 Å². The molecule has 6 nitrogen and oxygen atoms in total. The van der Waals surface area contributed by atoms with E-state index in [2.05, 4.69) is 33.1 Å². The number of phenolic OH excluding ortho intramolecular Hbond substituents is 1. The average molecular weight is 343 g/mol. The van der Waals surface area contributed by atoms with Crippen molar-refractivity contribution in [3.63, 3.8) is 0 Å². The number of aliphatic carboxylic acids is 1. The predicted octanol–water partition coefficient (Wildman–Crippen LogP) is 1.60.